The molecule has 0 bridgehead atoms. The second-order valence-corrected chi connectivity index (χ2v) is 6.92. The lowest BCUT2D eigenvalue weighted by Crippen LogP contribution is -2.51. The number of halogens is 1. The van der Waals surface area contributed by atoms with Crippen LogP contribution in [0.2, 0.25) is 5.02 Å². The summed E-state index contributed by atoms with van der Waals surface area (Å²) in [7, 11) is 0. The van der Waals surface area contributed by atoms with Crippen molar-refractivity contribution in [2.24, 2.45) is 0 Å². The number of nitrogens with zero attached hydrogens (tertiary/aromatic N) is 2. The Balaban J connectivity index is 1.54. The summed E-state index contributed by atoms with van der Waals surface area (Å²) in [6, 6.07) is 7.97. The fourth-order valence-electron chi connectivity index (χ4n) is 3.69. The van der Waals surface area contributed by atoms with E-state index in [0.717, 1.165) is 37.8 Å². The minimum atomic E-state index is 0.136. The van der Waals surface area contributed by atoms with Gasteiger partial charge in [0, 0.05) is 42.8 Å². The zero-order chi connectivity index (χ0) is 15.4. The molecular formula is C18H25ClN2O. The Labute approximate surface area is 138 Å². The number of hydrogen-bond acceptors (Lipinski definition) is 2. The molecule has 1 heterocycles. The van der Waals surface area contributed by atoms with E-state index in [1.807, 2.05) is 17.0 Å². The number of piperazine rings is 1. The first-order chi connectivity index (χ1) is 10.7. The summed E-state index contributed by atoms with van der Waals surface area (Å²) in [5.74, 6) is 0.136. The van der Waals surface area contributed by atoms with E-state index in [4.69, 9.17) is 11.6 Å². The molecule has 2 aliphatic rings. The van der Waals surface area contributed by atoms with Gasteiger partial charge in [-0.1, -0.05) is 37.3 Å². The van der Waals surface area contributed by atoms with Gasteiger partial charge in [-0.3, -0.25) is 9.69 Å². The van der Waals surface area contributed by atoms with Crippen LogP contribution in [0, 0.1) is 0 Å². The lowest BCUT2D eigenvalue weighted by atomic mass is 10.1. The third-order valence-corrected chi connectivity index (χ3v) is 5.29. The van der Waals surface area contributed by atoms with Crippen LogP contribution < -0.4 is 0 Å². The standard InChI is InChI=1S/C18H25ClN2O/c19-16-9-7-15(8-10-16)18(22)21-13-11-20(12-14-21)17-5-3-1-2-4-6-17/h7-10,17H,1-6,11-14H2. The molecule has 1 saturated carbocycles. The molecule has 120 valence electrons. The molecule has 1 aliphatic carbocycles. The van der Waals surface area contributed by atoms with E-state index in [1.165, 1.54) is 38.5 Å². The van der Waals surface area contributed by atoms with E-state index in [-0.39, 0.29) is 5.91 Å². The minimum Gasteiger partial charge on any atom is -0.336 e. The molecule has 0 radical (unpaired) electrons. The fourth-order valence-corrected chi connectivity index (χ4v) is 3.81. The Morgan fingerprint density at radius 1 is 0.909 bits per heavy atom. The third kappa shape index (κ3) is 3.82. The Kier molecular flexibility index (Phi) is 5.37. The third-order valence-electron chi connectivity index (χ3n) is 5.03. The highest BCUT2D eigenvalue weighted by Crippen LogP contribution is 2.23. The largest absolute Gasteiger partial charge is 0.336 e. The van der Waals surface area contributed by atoms with E-state index in [1.54, 1.807) is 12.1 Å². The van der Waals surface area contributed by atoms with Gasteiger partial charge in [-0.05, 0) is 37.1 Å². The predicted octanol–water partition coefficient (Wildman–Crippen LogP) is 3.82. The molecule has 0 atom stereocenters. The van der Waals surface area contributed by atoms with E-state index in [0.29, 0.717) is 5.02 Å². The minimum absolute atomic E-state index is 0.136. The van der Waals surface area contributed by atoms with Crippen LogP contribution in [-0.2, 0) is 0 Å². The summed E-state index contributed by atoms with van der Waals surface area (Å²) in [4.78, 5) is 17.1. The molecule has 0 spiro atoms. The molecule has 1 aromatic rings. The second-order valence-electron chi connectivity index (χ2n) is 6.48. The molecule has 1 aliphatic heterocycles. The van der Waals surface area contributed by atoms with E-state index in [2.05, 4.69) is 4.90 Å². The van der Waals surface area contributed by atoms with Crippen LogP contribution in [0.15, 0.2) is 24.3 Å². The first-order valence-electron chi connectivity index (χ1n) is 8.53. The molecule has 1 aromatic carbocycles. The highest BCUT2D eigenvalue weighted by Gasteiger charge is 2.26. The average Bonchev–Trinajstić information content (AvgIpc) is 2.84. The van der Waals surface area contributed by atoms with Crippen LogP contribution in [0.4, 0.5) is 0 Å². The van der Waals surface area contributed by atoms with Crippen molar-refractivity contribution in [3.05, 3.63) is 34.9 Å². The SMILES string of the molecule is O=C(c1ccc(Cl)cc1)N1CCN(C2CCCCCC2)CC1. The van der Waals surface area contributed by atoms with Crippen LogP contribution in [-0.4, -0.2) is 47.9 Å². The van der Waals surface area contributed by atoms with Gasteiger partial charge in [0.1, 0.15) is 0 Å². The van der Waals surface area contributed by atoms with Crippen molar-refractivity contribution in [1.82, 2.24) is 9.80 Å². The van der Waals surface area contributed by atoms with Gasteiger partial charge in [0.2, 0.25) is 0 Å². The molecule has 22 heavy (non-hydrogen) atoms. The van der Waals surface area contributed by atoms with Crippen molar-refractivity contribution in [3.63, 3.8) is 0 Å². The summed E-state index contributed by atoms with van der Waals surface area (Å²) in [5.41, 5.74) is 0.743. The molecule has 4 heteroatoms. The Hall–Kier alpha value is -1.06. The van der Waals surface area contributed by atoms with Gasteiger partial charge in [-0.2, -0.15) is 0 Å². The number of carbonyl (C=O) groups is 1. The summed E-state index contributed by atoms with van der Waals surface area (Å²) in [6.07, 6.45) is 8.20. The highest BCUT2D eigenvalue weighted by atomic mass is 35.5. The van der Waals surface area contributed by atoms with Crippen molar-refractivity contribution in [3.8, 4) is 0 Å². The molecule has 2 fully saturated rings. The predicted molar refractivity (Wildman–Crippen MR) is 90.4 cm³/mol. The summed E-state index contributed by atoms with van der Waals surface area (Å²) in [5, 5.41) is 0.676. The van der Waals surface area contributed by atoms with Crippen molar-refractivity contribution < 1.29 is 4.79 Å². The van der Waals surface area contributed by atoms with E-state index in [9.17, 15) is 4.79 Å². The lowest BCUT2D eigenvalue weighted by molar-refractivity contribution is 0.0551. The maximum absolute atomic E-state index is 12.5. The molecule has 1 amide bonds. The summed E-state index contributed by atoms with van der Waals surface area (Å²) < 4.78 is 0. The number of carbonyl (C=O) groups excluding carboxylic acids is 1. The van der Waals surface area contributed by atoms with E-state index >= 15 is 0 Å². The topological polar surface area (TPSA) is 23.6 Å². The number of amides is 1. The lowest BCUT2D eigenvalue weighted by Gasteiger charge is -2.39. The molecule has 3 rings (SSSR count). The smallest absolute Gasteiger partial charge is 0.253 e. The number of benzene rings is 1. The van der Waals surface area contributed by atoms with Crippen LogP contribution in [0.1, 0.15) is 48.9 Å². The second kappa shape index (κ2) is 7.47. The van der Waals surface area contributed by atoms with Gasteiger partial charge in [0.25, 0.3) is 5.91 Å². The van der Waals surface area contributed by atoms with Crippen LogP contribution >= 0.6 is 11.6 Å². The Morgan fingerprint density at radius 3 is 2.09 bits per heavy atom. The van der Waals surface area contributed by atoms with Gasteiger partial charge in [0.15, 0.2) is 0 Å². The quantitative estimate of drug-likeness (QED) is 0.773. The van der Waals surface area contributed by atoms with Crippen molar-refractivity contribution in [1.29, 1.82) is 0 Å². The monoisotopic (exact) mass is 320 g/mol. The summed E-state index contributed by atoms with van der Waals surface area (Å²) in [6.45, 7) is 3.73. The highest BCUT2D eigenvalue weighted by molar-refractivity contribution is 6.30. The fraction of sp³-hybridized carbons (Fsp3) is 0.611. The molecule has 0 N–H and O–H groups in total. The molecule has 1 saturated heterocycles. The van der Waals surface area contributed by atoms with Crippen LogP contribution in [0.25, 0.3) is 0 Å². The maximum atomic E-state index is 12.5. The number of rotatable bonds is 2. The van der Waals surface area contributed by atoms with Gasteiger partial charge in [0.05, 0.1) is 0 Å². The van der Waals surface area contributed by atoms with Gasteiger partial charge in [-0.15, -0.1) is 0 Å². The molecule has 0 unspecified atom stereocenters. The molecule has 0 aromatic heterocycles. The van der Waals surface area contributed by atoms with Gasteiger partial charge < -0.3 is 4.90 Å². The molecule has 3 nitrogen and oxygen atoms in total. The normalized spacial score (nSPS) is 21.6. The average molecular weight is 321 g/mol. The Bertz CT molecular complexity index is 486. The zero-order valence-corrected chi connectivity index (χ0v) is 13.9. The van der Waals surface area contributed by atoms with Crippen molar-refractivity contribution in [2.45, 2.75) is 44.6 Å². The molecular weight excluding hydrogens is 296 g/mol. The van der Waals surface area contributed by atoms with Gasteiger partial charge in [-0.25, -0.2) is 0 Å². The van der Waals surface area contributed by atoms with Crippen LogP contribution in [0.5, 0.6) is 0 Å². The van der Waals surface area contributed by atoms with E-state index < -0.39 is 0 Å². The first-order valence-corrected chi connectivity index (χ1v) is 8.91. The van der Waals surface area contributed by atoms with Crippen molar-refractivity contribution >= 4 is 17.5 Å². The zero-order valence-electron chi connectivity index (χ0n) is 13.1. The van der Waals surface area contributed by atoms with Crippen molar-refractivity contribution in [2.75, 3.05) is 26.2 Å². The van der Waals surface area contributed by atoms with Crippen LogP contribution in [0.3, 0.4) is 0 Å². The summed E-state index contributed by atoms with van der Waals surface area (Å²) >= 11 is 5.89. The first kappa shape index (κ1) is 15.8. The number of hydrogen-bond donors (Lipinski definition) is 0. The maximum Gasteiger partial charge on any atom is 0.253 e. The van der Waals surface area contributed by atoms with Gasteiger partial charge >= 0.3 is 0 Å². The Morgan fingerprint density at radius 2 is 1.50 bits per heavy atom.